The third-order valence-corrected chi connectivity index (χ3v) is 7.12. The molecule has 1 saturated carbocycles. The third-order valence-electron chi connectivity index (χ3n) is 6.92. The number of nitrogens with one attached hydrogen (secondary N) is 1. The highest BCUT2D eigenvalue weighted by molar-refractivity contribution is 6.30. The Labute approximate surface area is 209 Å². The smallest absolute Gasteiger partial charge is 0.303 e. The van der Waals surface area contributed by atoms with Gasteiger partial charge in [0.15, 0.2) is 0 Å². The molecule has 182 valence electrons. The minimum Gasteiger partial charge on any atom is -0.481 e. The minimum atomic E-state index is -0.865. The van der Waals surface area contributed by atoms with Crippen molar-refractivity contribution < 1.29 is 19.1 Å². The molecule has 1 amide bonds. The fourth-order valence-corrected chi connectivity index (χ4v) is 5.01. The van der Waals surface area contributed by atoms with Crippen molar-refractivity contribution in [1.82, 2.24) is 4.98 Å². The topological polar surface area (TPSA) is 79.3 Å². The van der Waals surface area contributed by atoms with Gasteiger partial charge in [0.05, 0.1) is 17.4 Å². The lowest BCUT2D eigenvalue weighted by Crippen LogP contribution is -2.31. The van der Waals surface area contributed by atoms with Crippen LogP contribution in [0, 0.1) is 18.7 Å². The molecule has 0 radical (unpaired) electrons. The van der Waals surface area contributed by atoms with Gasteiger partial charge in [0.2, 0.25) is 5.91 Å². The van der Waals surface area contributed by atoms with Gasteiger partial charge in [0.25, 0.3) is 0 Å². The summed E-state index contributed by atoms with van der Waals surface area (Å²) < 4.78 is 15.2. The lowest BCUT2D eigenvalue weighted by atomic mass is 9.72. The second kappa shape index (κ2) is 10.6. The molecule has 2 atom stereocenters. The van der Waals surface area contributed by atoms with E-state index in [0.717, 1.165) is 30.4 Å². The number of aromatic nitrogens is 1. The number of anilines is 1. The Kier molecular flexibility index (Phi) is 7.51. The minimum absolute atomic E-state index is 0.0106. The molecular weight excluding hydrogens is 467 g/mol. The largest absolute Gasteiger partial charge is 0.481 e. The van der Waals surface area contributed by atoms with Crippen LogP contribution in [0.3, 0.4) is 0 Å². The first kappa shape index (κ1) is 24.9. The van der Waals surface area contributed by atoms with Gasteiger partial charge in [-0.2, -0.15) is 0 Å². The van der Waals surface area contributed by atoms with E-state index in [1.165, 1.54) is 12.3 Å². The third kappa shape index (κ3) is 5.54. The van der Waals surface area contributed by atoms with E-state index in [-0.39, 0.29) is 24.2 Å². The van der Waals surface area contributed by atoms with Crippen LogP contribution in [0.25, 0.3) is 11.1 Å². The van der Waals surface area contributed by atoms with E-state index < -0.39 is 17.7 Å². The number of hydrogen-bond donors (Lipinski definition) is 2. The summed E-state index contributed by atoms with van der Waals surface area (Å²) in [7, 11) is 0. The first-order chi connectivity index (χ1) is 16.7. The maximum Gasteiger partial charge on any atom is 0.303 e. The van der Waals surface area contributed by atoms with E-state index in [1.807, 2.05) is 32.0 Å². The second-order valence-corrected chi connectivity index (χ2v) is 9.74. The van der Waals surface area contributed by atoms with Crippen LogP contribution in [-0.4, -0.2) is 22.0 Å². The molecule has 7 heteroatoms. The molecule has 0 saturated heterocycles. The summed E-state index contributed by atoms with van der Waals surface area (Å²) >= 11 is 6.02. The molecule has 0 aliphatic heterocycles. The number of aliphatic carboxylic acids is 1. The summed E-state index contributed by atoms with van der Waals surface area (Å²) in [6.07, 6.45) is 5.93. The lowest BCUT2D eigenvalue weighted by Gasteiger charge is -2.33. The molecule has 4 rings (SSSR count). The van der Waals surface area contributed by atoms with Gasteiger partial charge in [-0.25, -0.2) is 4.39 Å². The molecule has 0 spiro atoms. The van der Waals surface area contributed by atoms with E-state index in [4.69, 9.17) is 16.7 Å². The Morgan fingerprint density at radius 3 is 2.60 bits per heavy atom. The highest BCUT2D eigenvalue weighted by atomic mass is 35.5. The molecule has 1 aliphatic rings. The van der Waals surface area contributed by atoms with E-state index in [2.05, 4.69) is 10.3 Å². The van der Waals surface area contributed by atoms with Gasteiger partial charge in [-0.1, -0.05) is 49.2 Å². The van der Waals surface area contributed by atoms with Crippen LogP contribution >= 0.6 is 11.6 Å². The molecule has 2 aromatic carbocycles. The Balaban J connectivity index is 1.61. The molecule has 0 bridgehead atoms. The number of rotatable bonds is 8. The Hall–Kier alpha value is -3.25. The number of carbonyl (C=O) groups excluding carboxylic acids is 1. The average Bonchev–Trinajstić information content (AvgIpc) is 2.76. The Bertz CT molecular complexity index is 1260. The van der Waals surface area contributed by atoms with E-state index in [0.29, 0.717) is 27.4 Å². The molecule has 3 aromatic rings. The van der Waals surface area contributed by atoms with Crippen LogP contribution in [0.15, 0.2) is 54.9 Å². The van der Waals surface area contributed by atoms with Crippen molar-refractivity contribution in [2.24, 2.45) is 5.92 Å². The summed E-state index contributed by atoms with van der Waals surface area (Å²) in [5.74, 6) is -2.00. The van der Waals surface area contributed by atoms with Crippen molar-refractivity contribution in [2.45, 2.75) is 51.4 Å². The molecular formula is C28H28ClFN2O3. The number of hydrogen-bond acceptors (Lipinski definition) is 3. The highest BCUT2D eigenvalue weighted by Gasteiger charge is 2.34. The predicted molar refractivity (Wildman–Crippen MR) is 135 cm³/mol. The fourth-order valence-electron chi connectivity index (χ4n) is 4.83. The highest BCUT2D eigenvalue weighted by Crippen LogP contribution is 2.41. The molecule has 5 nitrogen and oxygen atoms in total. The van der Waals surface area contributed by atoms with Gasteiger partial charge in [-0.15, -0.1) is 0 Å². The molecule has 1 heterocycles. The maximum atomic E-state index is 15.2. The monoisotopic (exact) mass is 494 g/mol. The Morgan fingerprint density at radius 2 is 1.97 bits per heavy atom. The van der Waals surface area contributed by atoms with Crippen molar-refractivity contribution >= 4 is 29.2 Å². The number of halogens is 2. The van der Waals surface area contributed by atoms with Gasteiger partial charge in [-0.05, 0) is 66.5 Å². The first-order valence-corrected chi connectivity index (χ1v) is 12.1. The number of carbonyl (C=O) groups is 2. The van der Waals surface area contributed by atoms with Crippen molar-refractivity contribution in [3.8, 4) is 11.1 Å². The summed E-state index contributed by atoms with van der Waals surface area (Å²) in [6, 6.07) is 12.1. The Morgan fingerprint density at radius 1 is 1.20 bits per heavy atom. The van der Waals surface area contributed by atoms with Crippen LogP contribution in [0.1, 0.15) is 61.1 Å². The zero-order valence-corrected chi connectivity index (χ0v) is 20.5. The summed E-state index contributed by atoms with van der Waals surface area (Å²) in [4.78, 5) is 28.7. The molecule has 1 aromatic heterocycles. The zero-order chi connectivity index (χ0) is 25.1. The average molecular weight is 495 g/mol. The lowest BCUT2D eigenvalue weighted by molar-refractivity contribution is -0.137. The standard InChI is InChI=1S/C28H28ClFN2O3/c1-16(11-26(33)34)22-7-4-8-25(17(22)2)32-28(35)27(18-5-3-6-18)19-9-10-23(24(30)13-19)20-12-21(29)15-31-14-20/h4,7-10,12-16,18,27H,3,5-6,11H2,1-2H3,(H,32,35)(H,33,34)/t16-,27+/m0/s1. The van der Waals surface area contributed by atoms with Gasteiger partial charge in [0, 0.05) is 29.2 Å². The molecule has 1 aliphatic carbocycles. The van der Waals surface area contributed by atoms with E-state index >= 15 is 4.39 Å². The van der Waals surface area contributed by atoms with Gasteiger partial charge < -0.3 is 10.4 Å². The first-order valence-electron chi connectivity index (χ1n) is 11.8. The van der Waals surface area contributed by atoms with Crippen LogP contribution < -0.4 is 5.32 Å². The summed E-state index contributed by atoms with van der Waals surface area (Å²) in [5, 5.41) is 12.6. The van der Waals surface area contributed by atoms with Crippen LogP contribution in [0.5, 0.6) is 0 Å². The van der Waals surface area contributed by atoms with Gasteiger partial charge in [-0.3, -0.25) is 14.6 Å². The van der Waals surface area contributed by atoms with Crippen LogP contribution in [0.4, 0.5) is 10.1 Å². The molecule has 35 heavy (non-hydrogen) atoms. The number of benzene rings is 2. The summed E-state index contributed by atoms with van der Waals surface area (Å²) in [6.45, 7) is 3.74. The van der Waals surface area contributed by atoms with Crippen LogP contribution in [0.2, 0.25) is 5.02 Å². The quantitative estimate of drug-likeness (QED) is 0.355. The molecule has 0 unspecified atom stereocenters. The molecule has 2 N–H and O–H groups in total. The number of carboxylic acid groups (broad SMARTS) is 1. The number of pyridine rings is 1. The van der Waals surface area contributed by atoms with E-state index in [1.54, 1.807) is 24.4 Å². The number of carboxylic acids is 1. The van der Waals surface area contributed by atoms with Crippen LogP contribution in [-0.2, 0) is 9.59 Å². The number of nitrogens with zero attached hydrogens (tertiary/aromatic N) is 1. The van der Waals surface area contributed by atoms with Crippen molar-refractivity contribution in [3.05, 3.63) is 82.4 Å². The number of amides is 1. The van der Waals surface area contributed by atoms with Gasteiger partial charge >= 0.3 is 5.97 Å². The normalized spacial score (nSPS) is 15.2. The predicted octanol–water partition coefficient (Wildman–Crippen LogP) is 6.95. The van der Waals surface area contributed by atoms with Gasteiger partial charge in [0.1, 0.15) is 5.82 Å². The summed E-state index contributed by atoms with van der Waals surface area (Å²) in [5.41, 5.74) is 3.97. The fraction of sp³-hybridized carbons (Fsp3) is 0.321. The SMILES string of the molecule is Cc1c(NC(=O)[C@@H](c2ccc(-c3cncc(Cl)c3)c(F)c2)C2CCC2)cccc1[C@@H](C)CC(=O)O. The van der Waals surface area contributed by atoms with Crippen molar-refractivity contribution in [1.29, 1.82) is 0 Å². The van der Waals surface area contributed by atoms with Crippen molar-refractivity contribution in [2.75, 3.05) is 5.32 Å². The van der Waals surface area contributed by atoms with Crippen molar-refractivity contribution in [3.63, 3.8) is 0 Å². The maximum absolute atomic E-state index is 15.2. The van der Waals surface area contributed by atoms with E-state index in [9.17, 15) is 9.59 Å². The molecule has 1 fully saturated rings. The zero-order valence-electron chi connectivity index (χ0n) is 19.7. The second-order valence-electron chi connectivity index (χ2n) is 9.31.